The fraction of sp³-hybridized carbons (Fsp3) is 0.273. The summed E-state index contributed by atoms with van der Waals surface area (Å²) in [5, 5.41) is 8.58. The van der Waals surface area contributed by atoms with Crippen molar-refractivity contribution in [1.29, 1.82) is 5.26 Å². The first-order valence-corrected chi connectivity index (χ1v) is 4.30. The molecule has 0 bridgehead atoms. The Morgan fingerprint density at radius 2 is 2.00 bits per heavy atom. The predicted molar refractivity (Wildman–Crippen MR) is 51.3 cm³/mol. The molecule has 0 aliphatic rings. The van der Waals surface area contributed by atoms with Crippen molar-refractivity contribution in [2.45, 2.75) is 20.0 Å². The van der Waals surface area contributed by atoms with Gasteiger partial charge in [-0.2, -0.15) is 5.26 Å². The van der Waals surface area contributed by atoms with Gasteiger partial charge in [0.2, 0.25) is 0 Å². The molecule has 1 rings (SSSR count). The second kappa shape index (κ2) is 4.43. The average Bonchev–Trinajstić information content (AvgIpc) is 2.17. The molecule has 14 heavy (non-hydrogen) atoms. The Morgan fingerprint density at radius 1 is 1.43 bits per heavy atom. The van der Waals surface area contributed by atoms with E-state index in [4.69, 9.17) is 10.00 Å². The van der Waals surface area contributed by atoms with E-state index in [0.717, 1.165) is 5.56 Å². The van der Waals surface area contributed by atoms with Gasteiger partial charge in [0.1, 0.15) is 6.10 Å². The molecule has 1 aromatic carbocycles. The summed E-state index contributed by atoms with van der Waals surface area (Å²) >= 11 is 0. The number of esters is 1. The van der Waals surface area contributed by atoms with Gasteiger partial charge in [-0.05, 0) is 24.6 Å². The Kier molecular flexibility index (Phi) is 3.24. The summed E-state index contributed by atoms with van der Waals surface area (Å²) in [6.07, 6.45) is -0.264. The highest BCUT2D eigenvalue weighted by molar-refractivity contribution is 5.66. The van der Waals surface area contributed by atoms with Crippen LogP contribution in [0.1, 0.15) is 31.1 Å². The first kappa shape index (κ1) is 10.3. The van der Waals surface area contributed by atoms with Crippen LogP contribution in [0.15, 0.2) is 24.3 Å². The highest BCUT2D eigenvalue weighted by Crippen LogP contribution is 2.16. The molecule has 0 fully saturated rings. The van der Waals surface area contributed by atoms with E-state index in [2.05, 4.69) is 0 Å². The molecular formula is C11H11NO2. The quantitative estimate of drug-likeness (QED) is 0.670. The first-order chi connectivity index (χ1) is 6.63. The Hall–Kier alpha value is -1.82. The lowest BCUT2D eigenvalue weighted by Crippen LogP contribution is -2.04. The minimum atomic E-state index is -0.304. The van der Waals surface area contributed by atoms with Gasteiger partial charge in [-0.15, -0.1) is 0 Å². The monoisotopic (exact) mass is 189 g/mol. The average molecular weight is 189 g/mol. The van der Waals surface area contributed by atoms with Crippen LogP contribution in [-0.2, 0) is 9.53 Å². The zero-order valence-electron chi connectivity index (χ0n) is 8.15. The van der Waals surface area contributed by atoms with Crippen molar-refractivity contribution in [2.24, 2.45) is 0 Å². The lowest BCUT2D eigenvalue weighted by molar-refractivity contribution is -0.145. The van der Waals surface area contributed by atoms with E-state index < -0.39 is 0 Å². The molecule has 0 radical (unpaired) electrons. The number of carbonyl (C=O) groups excluding carboxylic acids is 1. The van der Waals surface area contributed by atoms with Crippen molar-refractivity contribution < 1.29 is 9.53 Å². The van der Waals surface area contributed by atoms with Crippen molar-refractivity contribution >= 4 is 5.97 Å². The van der Waals surface area contributed by atoms with Crippen LogP contribution in [0.25, 0.3) is 0 Å². The largest absolute Gasteiger partial charge is 0.458 e. The highest BCUT2D eigenvalue weighted by atomic mass is 16.5. The normalized spacial score (nSPS) is 11.5. The molecule has 0 amide bonds. The van der Waals surface area contributed by atoms with Crippen LogP contribution in [-0.4, -0.2) is 5.97 Å². The van der Waals surface area contributed by atoms with Crippen LogP contribution in [0.4, 0.5) is 0 Å². The number of carbonyl (C=O) groups is 1. The van der Waals surface area contributed by atoms with Gasteiger partial charge in [-0.1, -0.05) is 12.1 Å². The summed E-state index contributed by atoms with van der Waals surface area (Å²) in [6.45, 7) is 3.17. The third-order valence-corrected chi connectivity index (χ3v) is 1.85. The van der Waals surface area contributed by atoms with Crippen molar-refractivity contribution in [3.8, 4) is 6.07 Å². The van der Waals surface area contributed by atoms with Crippen molar-refractivity contribution in [2.75, 3.05) is 0 Å². The van der Waals surface area contributed by atoms with E-state index in [1.807, 2.05) is 6.07 Å². The van der Waals surface area contributed by atoms with Crippen LogP contribution < -0.4 is 0 Å². The van der Waals surface area contributed by atoms with Gasteiger partial charge in [-0.3, -0.25) is 4.79 Å². The van der Waals surface area contributed by atoms with Gasteiger partial charge in [0.25, 0.3) is 0 Å². The van der Waals surface area contributed by atoms with E-state index in [1.165, 1.54) is 6.92 Å². The lowest BCUT2D eigenvalue weighted by Gasteiger charge is -2.11. The molecule has 0 saturated heterocycles. The molecule has 0 aromatic heterocycles. The fourth-order valence-corrected chi connectivity index (χ4v) is 1.15. The lowest BCUT2D eigenvalue weighted by atomic mass is 10.1. The van der Waals surface area contributed by atoms with Gasteiger partial charge < -0.3 is 4.74 Å². The van der Waals surface area contributed by atoms with Crippen LogP contribution >= 0.6 is 0 Å². The second-order valence-corrected chi connectivity index (χ2v) is 2.99. The van der Waals surface area contributed by atoms with Crippen molar-refractivity contribution in [1.82, 2.24) is 0 Å². The van der Waals surface area contributed by atoms with E-state index in [-0.39, 0.29) is 12.1 Å². The highest BCUT2D eigenvalue weighted by Gasteiger charge is 2.07. The SMILES string of the molecule is CC(=O)O[C@H](C)c1ccc(C#N)cc1. The van der Waals surface area contributed by atoms with Crippen LogP contribution in [0, 0.1) is 11.3 Å². The van der Waals surface area contributed by atoms with E-state index in [0.29, 0.717) is 5.56 Å². The molecule has 1 aromatic rings. The van der Waals surface area contributed by atoms with Gasteiger partial charge in [0.05, 0.1) is 11.6 Å². The van der Waals surface area contributed by atoms with E-state index in [1.54, 1.807) is 31.2 Å². The van der Waals surface area contributed by atoms with Crippen LogP contribution in [0.2, 0.25) is 0 Å². The minimum absolute atomic E-state index is 0.264. The summed E-state index contributed by atoms with van der Waals surface area (Å²) in [7, 11) is 0. The first-order valence-electron chi connectivity index (χ1n) is 4.30. The number of ether oxygens (including phenoxy) is 1. The Bertz CT molecular complexity index is 362. The smallest absolute Gasteiger partial charge is 0.303 e. The topological polar surface area (TPSA) is 50.1 Å². The Balaban J connectivity index is 2.77. The third-order valence-electron chi connectivity index (χ3n) is 1.85. The minimum Gasteiger partial charge on any atom is -0.458 e. The molecule has 3 nitrogen and oxygen atoms in total. The van der Waals surface area contributed by atoms with Crippen LogP contribution in [0.3, 0.4) is 0 Å². The maximum atomic E-state index is 10.7. The second-order valence-electron chi connectivity index (χ2n) is 2.99. The van der Waals surface area contributed by atoms with Crippen molar-refractivity contribution in [3.05, 3.63) is 35.4 Å². The number of rotatable bonds is 2. The maximum Gasteiger partial charge on any atom is 0.303 e. The maximum absolute atomic E-state index is 10.7. The summed E-state index contributed by atoms with van der Waals surface area (Å²) in [4.78, 5) is 10.7. The Labute approximate surface area is 82.9 Å². The summed E-state index contributed by atoms with van der Waals surface area (Å²) in [5.41, 5.74) is 1.49. The summed E-state index contributed by atoms with van der Waals surface area (Å²) in [6, 6.07) is 9.00. The molecule has 0 aliphatic heterocycles. The van der Waals surface area contributed by atoms with E-state index >= 15 is 0 Å². The van der Waals surface area contributed by atoms with Crippen molar-refractivity contribution in [3.63, 3.8) is 0 Å². The number of nitrogens with zero attached hydrogens (tertiary/aromatic N) is 1. The molecule has 0 heterocycles. The van der Waals surface area contributed by atoms with Gasteiger partial charge in [0.15, 0.2) is 0 Å². The molecule has 1 atom stereocenters. The van der Waals surface area contributed by atoms with Crippen LogP contribution in [0.5, 0.6) is 0 Å². The molecule has 0 saturated carbocycles. The number of hydrogen-bond acceptors (Lipinski definition) is 3. The van der Waals surface area contributed by atoms with Gasteiger partial charge in [-0.25, -0.2) is 0 Å². The molecule has 72 valence electrons. The molecule has 3 heteroatoms. The fourth-order valence-electron chi connectivity index (χ4n) is 1.15. The predicted octanol–water partition coefficient (Wildman–Crippen LogP) is 2.18. The van der Waals surface area contributed by atoms with Gasteiger partial charge >= 0.3 is 5.97 Å². The molecule has 0 spiro atoms. The van der Waals surface area contributed by atoms with Gasteiger partial charge in [0, 0.05) is 6.92 Å². The number of benzene rings is 1. The standard InChI is InChI=1S/C11H11NO2/c1-8(14-9(2)13)11-5-3-10(7-12)4-6-11/h3-6,8H,1-2H3/t8-/m1/s1. The molecule has 0 N–H and O–H groups in total. The summed E-state index contributed by atoms with van der Waals surface area (Å²) in [5.74, 6) is -0.304. The third kappa shape index (κ3) is 2.60. The molecule has 0 aliphatic carbocycles. The number of hydrogen-bond donors (Lipinski definition) is 0. The summed E-state index contributed by atoms with van der Waals surface area (Å²) < 4.78 is 4.99. The zero-order chi connectivity index (χ0) is 10.6. The number of nitriles is 1. The molecule has 0 unspecified atom stereocenters. The zero-order valence-corrected chi connectivity index (χ0v) is 8.15. The van der Waals surface area contributed by atoms with E-state index in [9.17, 15) is 4.79 Å². The Morgan fingerprint density at radius 3 is 2.43 bits per heavy atom. The molecular weight excluding hydrogens is 178 g/mol.